The van der Waals surface area contributed by atoms with Crippen molar-refractivity contribution in [2.45, 2.75) is 31.7 Å². The molecule has 1 atom stereocenters. The van der Waals surface area contributed by atoms with E-state index in [1.54, 1.807) is 35.8 Å². The van der Waals surface area contributed by atoms with Gasteiger partial charge in [-0.2, -0.15) is 0 Å². The van der Waals surface area contributed by atoms with Gasteiger partial charge in [0.15, 0.2) is 0 Å². The number of carbonyl (C=O) groups excluding carboxylic acids is 2. The first kappa shape index (κ1) is 21.3. The molecule has 0 aliphatic rings. The van der Waals surface area contributed by atoms with Gasteiger partial charge >= 0.3 is 0 Å². The van der Waals surface area contributed by atoms with Crippen LogP contribution in [0.25, 0.3) is 0 Å². The number of hydrogen-bond donors (Lipinski definition) is 1. The van der Waals surface area contributed by atoms with Crippen LogP contribution in [0.2, 0.25) is 5.02 Å². The van der Waals surface area contributed by atoms with Crippen molar-refractivity contribution < 1.29 is 9.59 Å². The zero-order valence-electron chi connectivity index (χ0n) is 15.7. The fourth-order valence-electron chi connectivity index (χ4n) is 2.79. The summed E-state index contributed by atoms with van der Waals surface area (Å²) >= 11 is 7.51. The first-order chi connectivity index (χ1) is 13.0. The maximum atomic E-state index is 12.9. The van der Waals surface area contributed by atoms with E-state index in [1.165, 1.54) is 5.56 Å². The summed E-state index contributed by atoms with van der Waals surface area (Å²) in [6.07, 6.45) is 0.558. The van der Waals surface area contributed by atoms with Crippen molar-refractivity contribution in [1.29, 1.82) is 0 Å². The Morgan fingerprint density at radius 2 is 1.74 bits per heavy atom. The third-order valence-corrected chi connectivity index (χ3v) is 5.48. The van der Waals surface area contributed by atoms with Gasteiger partial charge in [-0.25, -0.2) is 0 Å². The van der Waals surface area contributed by atoms with Gasteiger partial charge in [-0.05, 0) is 29.7 Å². The van der Waals surface area contributed by atoms with Crippen LogP contribution in [0.15, 0.2) is 54.6 Å². The molecule has 27 heavy (non-hydrogen) atoms. The Morgan fingerprint density at radius 1 is 1.07 bits per heavy atom. The summed E-state index contributed by atoms with van der Waals surface area (Å²) in [6, 6.07) is 16.9. The first-order valence-electron chi connectivity index (χ1n) is 8.92. The van der Waals surface area contributed by atoms with Crippen molar-refractivity contribution in [3.05, 3.63) is 70.7 Å². The topological polar surface area (TPSA) is 49.4 Å². The summed E-state index contributed by atoms with van der Waals surface area (Å²) in [4.78, 5) is 26.9. The van der Waals surface area contributed by atoms with Crippen molar-refractivity contribution in [1.82, 2.24) is 10.2 Å². The molecule has 2 rings (SSSR count). The van der Waals surface area contributed by atoms with Gasteiger partial charge in [0, 0.05) is 24.4 Å². The molecule has 0 aromatic heterocycles. The van der Waals surface area contributed by atoms with Crippen LogP contribution in [0.4, 0.5) is 0 Å². The number of amides is 2. The SMILES string of the molecule is CC[C@H](C(=O)NC)N(Cc1ccc(Cl)cc1)C(=O)CSCc1ccccc1. The fourth-order valence-corrected chi connectivity index (χ4v) is 3.78. The summed E-state index contributed by atoms with van der Waals surface area (Å²) in [5.41, 5.74) is 2.13. The van der Waals surface area contributed by atoms with E-state index in [4.69, 9.17) is 11.6 Å². The second-order valence-electron chi connectivity index (χ2n) is 6.16. The molecule has 144 valence electrons. The number of halogens is 1. The molecule has 0 aliphatic heterocycles. The highest BCUT2D eigenvalue weighted by Crippen LogP contribution is 2.18. The van der Waals surface area contributed by atoms with Gasteiger partial charge in [0.25, 0.3) is 0 Å². The molecule has 0 saturated heterocycles. The van der Waals surface area contributed by atoms with Gasteiger partial charge in [0.05, 0.1) is 5.75 Å². The van der Waals surface area contributed by atoms with E-state index in [0.29, 0.717) is 23.7 Å². The van der Waals surface area contributed by atoms with E-state index in [2.05, 4.69) is 5.32 Å². The van der Waals surface area contributed by atoms with E-state index in [9.17, 15) is 9.59 Å². The lowest BCUT2D eigenvalue weighted by Gasteiger charge is -2.30. The predicted octanol–water partition coefficient (Wildman–Crippen LogP) is 4.13. The largest absolute Gasteiger partial charge is 0.357 e. The van der Waals surface area contributed by atoms with Gasteiger partial charge in [-0.15, -0.1) is 11.8 Å². The molecule has 0 spiro atoms. The Bertz CT molecular complexity index is 738. The van der Waals surface area contributed by atoms with E-state index in [-0.39, 0.29) is 11.8 Å². The third-order valence-electron chi connectivity index (χ3n) is 4.24. The smallest absolute Gasteiger partial charge is 0.242 e. The average Bonchev–Trinajstić information content (AvgIpc) is 2.69. The number of carbonyl (C=O) groups is 2. The van der Waals surface area contributed by atoms with Crippen LogP contribution in [0, 0.1) is 0 Å². The lowest BCUT2D eigenvalue weighted by molar-refractivity contribution is -0.139. The number of nitrogens with zero attached hydrogens (tertiary/aromatic N) is 1. The molecule has 6 heteroatoms. The van der Waals surface area contributed by atoms with Crippen molar-refractivity contribution in [2.24, 2.45) is 0 Å². The second-order valence-corrected chi connectivity index (χ2v) is 7.59. The zero-order chi connectivity index (χ0) is 19.6. The van der Waals surface area contributed by atoms with Crippen LogP contribution in [-0.4, -0.2) is 35.6 Å². The second kappa shape index (κ2) is 11.0. The van der Waals surface area contributed by atoms with E-state index in [0.717, 1.165) is 11.3 Å². The van der Waals surface area contributed by atoms with Crippen LogP contribution >= 0.6 is 23.4 Å². The molecule has 0 heterocycles. The Balaban J connectivity index is 2.08. The highest BCUT2D eigenvalue weighted by atomic mass is 35.5. The minimum atomic E-state index is -0.490. The number of nitrogens with one attached hydrogen (secondary N) is 1. The third kappa shape index (κ3) is 6.60. The summed E-state index contributed by atoms with van der Waals surface area (Å²) in [7, 11) is 1.60. The molecule has 0 bridgehead atoms. The minimum absolute atomic E-state index is 0.0404. The van der Waals surface area contributed by atoms with Gasteiger partial charge in [-0.3, -0.25) is 9.59 Å². The molecule has 2 aromatic carbocycles. The number of rotatable bonds is 9. The molecular weight excluding hydrogens is 380 g/mol. The maximum Gasteiger partial charge on any atom is 0.242 e. The number of hydrogen-bond acceptors (Lipinski definition) is 3. The maximum absolute atomic E-state index is 12.9. The van der Waals surface area contributed by atoms with Gasteiger partial charge < -0.3 is 10.2 Å². The average molecular weight is 405 g/mol. The van der Waals surface area contributed by atoms with E-state index < -0.39 is 6.04 Å². The molecule has 2 aromatic rings. The lowest BCUT2D eigenvalue weighted by Crippen LogP contribution is -2.48. The predicted molar refractivity (Wildman–Crippen MR) is 113 cm³/mol. The molecule has 0 aliphatic carbocycles. The Kier molecular flexibility index (Phi) is 8.69. The van der Waals surface area contributed by atoms with Crippen LogP contribution in [0.3, 0.4) is 0 Å². The number of likely N-dealkylation sites (N-methyl/N-ethyl adjacent to an activating group) is 1. The summed E-state index contributed by atoms with van der Waals surface area (Å²) in [5.74, 6) is 0.905. The molecule has 0 radical (unpaired) electrons. The molecule has 0 fully saturated rings. The highest BCUT2D eigenvalue weighted by Gasteiger charge is 2.27. The molecule has 1 N–H and O–H groups in total. The normalized spacial score (nSPS) is 11.7. The quantitative estimate of drug-likeness (QED) is 0.683. The van der Waals surface area contributed by atoms with E-state index >= 15 is 0 Å². The molecule has 4 nitrogen and oxygen atoms in total. The standard InChI is InChI=1S/C21H25ClN2O2S/c1-3-19(21(26)23-2)24(13-16-9-11-18(22)12-10-16)20(25)15-27-14-17-7-5-4-6-8-17/h4-12,19H,3,13-15H2,1-2H3,(H,23,26)/t19-/m1/s1. The van der Waals surface area contributed by atoms with Crippen LogP contribution < -0.4 is 5.32 Å². The van der Waals surface area contributed by atoms with Crippen LogP contribution in [0.5, 0.6) is 0 Å². The summed E-state index contributed by atoms with van der Waals surface area (Å²) in [6.45, 7) is 2.30. The Labute approximate surface area is 170 Å². The first-order valence-corrected chi connectivity index (χ1v) is 10.5. The lowest BCUT2D eigenvalue weighted by atomic mass is 10.1. The number of benzene rings is 2. The summed E-state index contributed by atoms with van der Waals surface area (Å²) in [5, 5.41) is 3.31. The molecule has 2 amide bonds. The zero-order valence-corrected chi connectivity index (χ0v) is 17.2. The van der Waals surface area contributed by atoms with Crippen LogP contribution in [0.1, 0.15) is 24.5 Å². The Hall–Kier alpha value is -1.98. The fraction of sp³-hybridized carbons (Fsp3) is 0.333. The minimum Gasteiger partial charge on any atom is -0.357 e. The van der Waals surface area contributed by atoms with E-state index in [1.807, 2.05) is 49.4 Å². The van der Waals surface area contributed by atoms with Crippen molar-refractivity contribution in [3.8, 4) is 0 Å². The van der Waals surface area contributed by atoms with Gasteiger partial charge in [0.2, 0.25) is 11.8 Å². The van der Waals surface area contributed by atoms with Crippen LogP contribution in [-0.2, 0) is 21.9 Å². The van der Waals surface area contributed by atoms with Gasteiger partial charge in [-0.1, -0.05) is 61.0 Å². The monoisotopic (exact) mass is 404 g/mol. The Morgan fingerprint density at radius 3 is 2.33 bits per heavy atom. The molecule has 0 saturated carbocycles. The van der Waals surface area contributed by atoms with Gasteiger partial charge in [0.1, 0.15) is 6.04 Å². The molecular formula is C21H25ClN2O2S. The highest BCUT2D eigenvalue weighted by molar-refractivity contribution is 7.99. The van der Waals surface area contributed by atoms with Crippen molar-refractivity contribution >= 4 is 35.2 Å². The van der Waals surface area contributed by atoms with Crippen molar-refractivity contribution in [2.75, 3.05) is 12.8 Å². The van der Waals surface area contributed by atoms with Crippen molar-refractivity contribution in [3.63, 3.8) is 0 Å². The summed E-state index contributed by atoms with van der Waals surface area (Å²) < 4.78 is 0. The number of thioether (sulfide) groups is 1. The molecule has 0 unspecified atom stereocenters.